The number of hydrogen-bond acceptors (Lipinski definition) is 2. The first kappa shape index (κ1) is 15.4. The van der Waals surface area contributed by atoms with E-state index in [-0.39, 0.29) is 5.56 Å². The van der Waals surface area contributed by atoms with Gasteiger partial charge in [0.25, 0.3) is 0 Å². The number of methoxy groups -OCH3 is 1. The number of benzene rings is 2. The van der Waals surface area contributed by atoms with E-state index in [1.165, 1.54) is 19.2 Å². The Bertz CT molecular complexity index is 623. The van der Waals surface area contributed by atoms with Crippen LogP contribution in [0.2, 0.25) is 0 Å². The third-order valence-corrected chi connectivity index (χ3v) is 3.20. The SMILES string of the molecule is CNCc1cc(OC)ccc1-c1ccccc1C(F)(F)F. The summed E-state index contributed by atoms with van der Waals surface area (Å²) in [5.41, 5.74) is 0.858. The molecular formula is C16H16F3NO. The van der Waals surface area contributed by atoms with E-state index in [2.05, 4.69) is 5.32 Å². The standard InChI is InChI=1S/C16H16F3NO/c1-20-10-11-9-12(21-2)7-8-13(11)14-5-3-4-6-15(14)16(17,18)19/h3-9,20H,10H2,1-2H3. The van der Waals surface area contributed by atoms with Gasteiger partial charge in [-0.1, -0.05) is 24.3 Å². The van der Waals surface area contributed by atoms with Gasteiger partial charge in [0.05, 0.1) is 12.7 Å². The molecule has 21 heavy (non-hydrogen) atoms. The molecule has 0 aromatic heterocycles. The molecule has 112 valence electrons. The van der Waals surface area contributed by atoms with Crippen molar-refractivity contribution < 1.29 is 17.9 Å². The van der Waals surface area contributed by atoms with E-state index < -0.39 is 11.7 Å². The molecule has 0 fully saturated rings. The van der Waals surface area contributed by atoms with Crippen molar-refractivity contribution in [1.82, 2.24) is 5.32 Å². The van der Waals surface area contributed by atoms with Gasteiger partial charge in [0, 0.05) is 6.54 Å². The van der Waals surface area contributed by atoms with Crippen molar-refractivity contribution in [3.05, 3.63) is 53.6 Å². The molecule has 0 saturated heterocycles. The molecule has 2 nitrogen and oxygen atoms in total. The zero-order chi connectivity index (χ0) is 15.5. The molecule has 0 atom stereocenters. The van der Waals surface area contributed by atoms with Gasteiger partial charge in [0.2, 0.25) is 0 Å². The summed E-state index contributed by atoms with van der Waals surface area (Å²) in [6.07, 6.45) is -4.38. The Morgan fingerprint density at radius 2 is 1.76 bits per heavy atom. The highest BCUT2D eigenvalue weighted by molar-refractivity contribution is 5.72. The molecule has 0 bridgehead atoms. The van der Waals surface area contributed by atoms with Crippen LogP contribution in [0.4, 0.5) is 13.2 Å². The van der Waals surface area contributed by atoms with Crippen molar-refractivity contribution in [3.8, 4) is 16.9 Å². The van der Waals surface area contributed by atoms with Gasteiger partial charge in [-0.3, -0.25) is 0 Å². The van der Waals surface area contributed by atoms with E-state index in [0.29, 0.717) is 17.9 Å². The lowest BCUT2D eigenvalue weighted by Crippen LogP contribution is -2.10. The van der Waals surface area contributed by atoms with E-state index >= 15 is 0 Å². The normalized spacial score (nSPS) is 11.5. The lowest BCUT2D eigenvalue weighted by molar-refractivity contribution is -0.137. The maximum atomic E-state index is 13.2. The lowest BCUT2D eigenvalue weighted by Gasteiger charge is -2.16. The fraction of sp³-hybridized carbons (Fsp3) is 0.250. The minimum absolute atomic E-state index is 0.179. The fourth-order valence-electron chi connectivity index (χ4n) is 2.26. The number of rotatable bonds is 4. The molecule has 1 N–H and O–H groups in total. The van der Waals surface area contributed by atoms with Crippen LogP contribution in [0.15, 0.2) is 42.5 Å². The highest BCUT2D eigenvalue weighted by Gasteiger charge is 2.33. The van der Waals surface area contributed by atoms with Crippen LogP contribution >= 0.6 is 0 Å². The largest absolute Gasteiger partial charge is 0.497 e. The third-order valence-electron chi connectivity index (χ3n) is 3.20. The summed E-state index contributed by atoms with van der Waals surface area (Å²) in [4.78, 5) is 0. The lowest BCUT2D eigenvalue weighted by atomic mass is 9.95. The van der Waals surface area contributed by atoms with Crippen LogP contribution in [0, 0.1) is 0 Å². The Balaban J connectivity index is 2.61. The Kier molecular flexibility index (Phi) is 4.53. The van der Waals surface area contributed by atoms with Crippen LogP contribution in [0.1, 0.15) is 11.1 Å². The summed E-state index contributed by atoms with van der Waals surface area (Å²) in [6.45, 7) is 0.457. The van der Waals surface area contributed by atoms with Crippen molar-refractivity contribution in [2.24, 2.45) is 0 Å². The first-order valence-electron chi connectivity index (χ1n) is 6.45. The van der Waals surface area contributed by atoms with Crippen LogP contribution in [-0.2, 0) is 12.7 Å². The molecule has 0 radical (unpaired) electrons. The van der Waals surface area contributed by atoms with Crippen LogP contribution in [-0.4, -0.2) is 14.2 Å². The van der Waals surface area contributed by atoms with Crippen LogP contribution in [0.5, 0.6) is 5.75 Å². The smallest absolute Gasteiger partial charge is 0.417 e. The second-order valence-electron chi connectivity index (χ2n) is 4.60. The van der Waals surface area contributed by atoms with Gasteiger partial charge in [0.15, 0.2) is 0 Å². The number of nitrogens with one attached hydrogen (secondary N) is 1. The molecule has 5 heteroatoms. The molecule has 2 aromatic rings. The Labute approximate surface area is 121 Å². The molecule has 0 saturated carbocycles. The van der Waals surface area contributed by atoms with Crippen molar-refractivity contribution in [1.29, 1.82) is 0 Å². The molecule has 0 aliphatic carbocycles. The first-order chi connectivity index (χ1) is 9.97. The molecule has 0 heterocycles. The van der Waals surface area contributed by atoms with E-state index in [4.69, 9.17) is 4.74 Å². The van der Waals surface area contributed by atoms with Crippen molar-refractivity contribution >= 4 is 0 Å². The first-order valence-corrected chi connectivity index (χ1v) is 6.45. The Hall–Kier alpha value is -2.01. The number of alkyl halides is 3. The molecule has 0 aliphatic heterocycles. The van der Waals surface area contributed by atoms with Crippen LogP contribution in [0.3, 0.4) is 0 Å². The van der Waals surface area contributed by atoms with Gasteiger partial charge in [-0.25, -0.2) is 0 Å². The van der Waals surface area contributed by atoms with E-state index in [1.54, 1.807) is 31.3 Å². The van der Waals surface area contributed by atoms with Gasteiger partial charge in [0.1, 0.15) is 5.75 Å². The van der Waals surface area contributed by atoms with E-state index in [9.17, 15) is 13.2 Å². The highest BCUT2D eigenvalue weighted by atomic mass is 19.4. The van der Waals surface area contributed by atoms with Gasteiger partial charge in [-0.2, -0.15) is 13.2 Å². The van der Waals surface area contributed by atoms with Crippen molar-refractivity contribution in [3.63, 3.8) is 0 Å². The summed E-state index contributed by atoms with van der Waals surface area (Å²) in [7, 11) is 3.28. The zero-order valence-electron chi connectivity index (χ0n) is 11.8. The predicted octanol–water partition coefficient (Wildman–Crippen LogP) is 4.10. The number of hydrogen-bond donors (Lipinski definition) is 1. The summed E-state index contributed by atoms with van der Waals surface area (Å²) < 4.78 is 44.6. The van der Waals surface area contributed by atoms with Crippen molar-refractivity contribution in [2.75, 3.05) is 14.2 Å². The average molecular weight is 295 g/mol. The van der Waals surface area contributed by atoms with Crippen molar-refractivity contribution in [2.45, 2.75) is 12.7 Å². The predicted molar refractivity (Wildman–Crippen MR) is 76.2 cm³/mol. The third kappa shape index (κ3) is 3.36. The second kappa shape index (κ2) is 6.18. The zero-order valence-corrected chi connectivity index (χ0v) is 11.8. The summed E-state index contributed by atoms with van der Waals surface area (Å²) in [5, 5.41) is 2.97. The van der Waals surface area contributed by atoms with Gasteiger partial charge in [-0.05, 0) is 41.9 Å². The topological polar surface area (TPSA) is 21.3 Å². The monoisotopic (exact) mass is 295 g/mol. The Morgan fingerprint density at radius 3 is 2.38 bits per heavy atom. The number of ether oxygens (including phenoxy) is 1. The molecule has 0 aliphatic rings. The fourth-order valence-corrected chi connectivity index (χ4v) is 2.26. The summed E-state index contributed by atoms with van der Waals surface area (Å²) in [6, 6.07) is 10.7. The van der Waals surface area contributed by atoms with E-state index in [0.717, 1.165) is 11.6 Å². The molecule has 0 spiro atoms. The van der Waals surface area contributed by atoms with Gasteiger partial charge < -0.3 is 10.1 Å². The second-order valence-corrected chi connectivity index (χ2v) is 4.60. The maximum Gasteiger partial charge on any atom is 0.417 e. The maximum absolute atomic E-state index is 13.2. The van der Waals surface area contributed by atoms with Gasteiger partial charge >= 0.3 is 6.18 Å². The highest BCUT2D eigenvalue weighted by Crippen LogP contribution is 2.38. The Morgan fingerprint density at radius 1 is 1.05 bits per heavy atom. The molecule has 2 rings (SSSR count). The summed E-state index contributed by atoms with van der Waals surface area (Å²) >= 11 is 0. The van der Waals surface area contributed by atoms with E-state index in [1.807, 2.05) is 0 Å². The molecule has 0 amide bonds. The van der Waals surface area contributed by atoms with Crippen LogP contribution < -0.4 is 10.1 Å². The molecule has 2 aromatic carbocycles. The number of halogens is 3. The minimum Gasteiger partial charge on any atom is -0.497 e. The quantitative estimate of drug-likeness (QED) is 0.917. The molecular weight excluding hydrogens is 279 g/mol. The average Bonchev–Trinajstić information content (AvgIpc) is 2.46. The molecule has 0 unspecified atom stereocenters. The minimum atomic E-state index is -4.38. The summed E-state index contributed by atoms with van der Waals surface area (Å²) in [5.74, 6) is 0.619. The van der Waals surface area contributed by atoms with Gasteiger partial charge in [-0.15, -0.1) is 0 Å². The van der Waals surface area contributed by atoms with Crippen LogP contribution in [0.25, 0.3) is 11.1 Å².